The number of imidazole rings is 1. The molecule has 0 atom stereocenters. The number of aromatic amines is 2. The quantitative estimate of drug-likeness (QED) is 0.753. The molecule has 3 aromatic heterocycles. The monoisotopic (exact) mass is 269 g/mol. The zero-order chi connectivity index (χ0) is 13.4. The van der Waals surface area contributed by atoms with Gasteiger partial charge in [0, 0.05) is 31.7 Å². The molecule has 0 radical (unpaired) electrons. The Labute approximate surface area is 115 Å². The van der Waals surface area contributed by atoms with E-state index in [1.54, 1.807) is 12.4 Å². The molecule has 1 fully saturated rings. The van der Waals surface area contributed by atoms with Crippen LogP contribution in [0.25, 0.3) is 22.9 Å². The summed E-state index contributed by atoms with van der Waals surface area (Å²) in [4.78, 5) is 12.5. The van der Waals surface area contributed by atoms with Crippen molar-refractivity contribution in [2.75, 3.05) is 18.1 Å². The van der Waals surface area contributed by atoms with Crippen LogP contribution in [0, 0.1) is 0 Å². The van der Waals surface area contributed by atoms with Gasteiger partial charge in [-0.3, -0.25) is 5.01 Å². The molecule has 0 aliphatic carbocycles. The van der Waals surface area contributed by atoms with Crippen molar-refractivity contribution in [2.24, 2.45) is 0 Å². The summed E-state index contributed by atoms with van der Waals surface area (Å²) in [7, 11) is 0. The van der Waals surface area contributed by atoms with Crippen LogP contribution in [0.4, 0.5) is 0 Å². The molecule has 0 amide bonds. The van der Waals surface area contributed by atoms with Crippen LogP contribution in [-0.4, -0.2) is 43.1 Å². The summed E-state index contributed by atoms with van der Waals surface area (Å²) in [6.07, 6.45) is 7.81. The lowest BCUT2D eigenvalue weighted by atomic mass is 10.2. The van der Waals surface area contributed by atoms with E-state index < -0.39 is 0 Å². The summed E-state index contributed by atoms with van der Waals surface area (Å²) >= 11 is 0. The fourth-order valence-corrected chi connectivity index (χ4v) is 2.63. The van der Waals surface area contributed by atoms with Gasteiger partial charge in [0.25, 0.3) is 0 Å². The predicted molar refractivity (Wildman–Crippen MR) is 74.6 cm³/mol. The van der Waals surface area contributed by atoms with E-state index in [-0.39, 0.29) is 0 Å². The van der Waals surface area contributed by atoms with Gasteiger partial charge in [0.2, 0.25) is 0 Å². The van der Waals surface area contributed by atoms with Crippen molar-refractivity contribution in [3.05, 3.63) is 30.7 Å². The molecule has 0 unspecified atom stereocenters. The normalized spacial score (nSPS) is 15.1. The second-order valence-corrected chi connectivity index (χ2v) is 4.86. The van der Waals surface area contributed by atoms with Gasteiger partial charge in [-0.05, 0) is 30.2 Å². The molecule has 0 saturated carbocycles. The third-order valence-corrected chi connectivity index (χ3v) is 3.58. The Balaban J connectivity index is 1.88. The summed E-state index contributed by atoms with van der Waals surface area (Å²) in [5, 5.41) is 10.9. The summed E-state index contributed by atoms with van der Waals surface area (Å²) in [6.45, 7) is 2.02. The minimum absolute atomic E-state index is 0.736. The Kier molecular flexibility index (Phi) is 2.55. The lowest BCUT2D eigenvalue weighted by Gasteiger charge is -2.18. The van der Waals surface area contributed by atoms with Crippen LogP contribution in [0.15, 0.2) is 30.7 Å². The highest BCUT2D eigenvalue weighted by molar-refractivity contribution is 5.72. The van der Waals surface area contributed by atoms with Gasteiger partial charge in [0.1, 0.15) is 5.69 Å². The molecule has 0 aromatic carbocycles. The van der Waals surface area contributed by atoms with Crippen LogP contribution in [0.2, 0.25) is 0 Å². The van der Waals surface area contributed by atoms with Crippen molar-refractivity contribution in [3.8, 4) is 22.9 Å². The van der Waals surface area contributed by atoms with Crippen molar-refractivity contribution in [1.82, 2.24) is 30.1 Å². The van der Waals surface area contributed by atoms with Gasteiger partial charge in [-0.1, -0.05) is 0 Å². The third-order valence-electron chi connectivity index (χ3n) is 3.58. The zero-order valence-corrected chi connectivity index (χ0v) is 11.0. The van der Waals surface area contributed by atoms with E-state index in [0.717, 1.165) is 36.0 Å². The third kappa shape index (κ3) is 1.70. The number of aromatic nitrogens is 6. The lowest BCUT2D eigenvalue weighted by molar-refractivity contribution is 0.571. The molecule has 102 valence electrons. The molecule has 20 heavy (non-hydrogen) atoms. The molecule has 0 spiro atoms. The summed E-state index contributed by atoms with van der Waals surface area (Å²) < 4.78 is 0. The van der Waals surface area contributed by atoms with E-state index in [1.807, 2.05) is 23.1 Å². The maximum atomic E-state index is 4.32. The molecule has 1 aliphatic rings. The maximum Gasteiger partial charge on any atom is 0.160 e. The summed E-state index contributed by atoms with van der Waals surface area (Å²) in [6, 6.07) is 4.00. The first kappa shape index (κ1) is 11.3. The van der Waals surface area contributed by atoms with E-state index >= 15 is 0 Å². The molecule has 2 N–H and O–H groups in total. The number of hydrogen-bond donors (Lipinski definition) is 2. The van der Waals surface area contributed by atoms with Crippen LogP contribution in [0.5, 0.6) is 0 Å². The highest BCUT2D eigenvalue weighted by atomic mass is 15.7. The van der Waals surface area contributed by atoms with Gasteiger partial charge in [-0.25, -0.2) is 4.98 Å². The predicted octanol–water partition coefficient (Wildman–Crippen LogP) is 1.40. The molecule has 0 bridgehead atoms. The van der Waals surface area contributed by atoms with Gasteiger partial charge in [-0.15, -0.1) is 5.10 Å². The van der Waals surface area contributed by atoms with Crippen LogP contribution in [0.1, 0.15) is 12.8 Å². The zero-order valence-electron chi connectivity index (χ0n) is 11.0. The van der Waals surface area contributed by atoms with E-state index in [2.05, 4.69) is 30.3 Å². The number of nitrogens with one attached hydrogen (secondary N) is 2. The Morgan fingerprint density at radius 1 is 1.10 bits per heavy atom. The Hall–Kier alpha value is -2.57. The van der Waals surface area contributed by atoms with Crippen molar-refractivity contribution < 1.29 is 0 Å². The molecule has 4 heterocycles. The molecular weight excluding hydrogens is 254 g/mol. The van der Waals surface area contributed by atoms with E-state index in [1.165, 1.54) is 12.8 Å². The summed E-state index contributed by atoms with van der Waals surface area (Å²) in [5.74, 6) is 0.736. The number of rotatable bonds is 3. The molecular formula is C13H15N7. The maximum absolute atomic E-state index is 4.32. The number of hydrogen-bond acceptors (Lipinski definition) is 4. The summed E-state index contributed by atoms with van der Waals surface area (Å²) in [5.41, 5.74) is 2.71. The van der Waals surface area contributed by atoms with Gasteiger partial charge in [0.05, 0.1) is 5.69 Å². The second kappa shape index (κ2) is 4.52. The smallest absolute Gasteiger partial charge is 0.160 e. The first-order valence-electron chi connectivity index (χ1n) is 6.78. The lowest BCUT2D eigenvalue weighted by Crippen LogP contribution is -2.33. The first-order valence-corrected chi connectivity index (χ1v) is 6.78. The van der Waals surface area contributed by atoms with Crippen LogP contribution < -0.4 is 5.01 Å². The highest BCUT2D eigenvalue weighted by Crippen LogP contribution is 2.27. The minimum Gasteiger partial charge on any atom is -0.360 e. The van der Waals surface area contributed by atoms with Crippen molar-refractivity contribution in [1.29, 1.82) is 0 Å². The Bertz CT molecular complexity index is 674. The molecule has 7 heteroatoms. The van der Waals surface area contributed by atoms with Gasteiger partial charge in [-0.2, -0.15) is 4.79 Å². The Morgan fingerprint density at radius 2 is 2.00 bits per heavy atom. The van der Waals surface area contributed by atoms with Crippen molar-refractivity contribution in [2.45, 2.75) is 12.8 Å². The van der Waals surface area contributed by atoms with E-state index in [0.29, 0.717) is 0 Å². The standard InChI is InChI=1S/C13H15N7/c1-2-9-19(8-1)20-12(10-4-3-5-14-10)11(17-18-20)13-15-6-7-16-13/h3-7,14H,1-2,8-9H2,(H,15,16). The van der Waals surface area contributed by atoms with Crippen molar-refractivity contribution in [3.63, 3.8) is 0 Å². The highest BCUT2D eigenvalue weighted by Gasteiger charge is 2.23. The average molecular weight is 269 g/mol. The molecule has 1 aliphatic heterocycles. The molecule has 4 rings (SSSR count). The SMILES string of the molecule is c1c[nH]c(-c2c(-c3ncc[nH]3)nnn2N2CCCC2)c1. The van der Waals surface area contributed by atoms with Crippen LogP contribution in [0.3, 0.4) is 0 Å². The van der Waals surface area contributed by atoms with Gasteiger partial charge in [0.15, 0.2) is 11.5 Å². The first-order chi connectivity index (χ1) is 9.93. The van der Waals surface area contributed by atoms with Crippen molar-refractivity contribution >= 4 is 0 Å². The topological polar surface area (TPSA) is 78.4 Å². The number of H-pyrrole nitrogens is 2. The molecule has 1 saturated heterocycles. The fourth-order valence-electron chi connectivity index (χ4n) is 2.63. The molecule has 3 aromatic rings. The fraction of sp³-hybridized carbons (Fsp3) is 0.308. The van der Waals surface area contributed by atoms with Gasteiger partial charge < -0.3 is 9.97 Å². The largest absolute Gasteiger partial charge is 0.360 e. The molecule has 7 nitrogen and oxygen atoms in total. The average Bonchev–Trinajstić information content (AvgIpc) is 3.23. The van der Waals surface area contributed by atoms with Crippen LogP contribution >= 0.6 is 0 Å². The van der Waals surface area contributed by atoms with E-state index in [4.69, 9.17) is 0 Å². The second-order valence-electron chi connectivity index (χ2n) is 4.86. The minimum atomic E-state index is 0.736. The number of nitrogens with zero attached hydrogens (tertiary/aromatic N) is 5. The van der Waals surface area contributed by atoms with E-state index in [9.17, 15) is 0 Å². The van der Waals surface area contributed by atoms with Crippen LogP contribution in [-0.2, 0) is 0 Å². The van der Waals surface area contributed by atoms with Gasteiger partial charge >= 0.3 is 0 Å². The Morgan fingerprint density at radius 3 is 2.70 bits per heavy atom.